The first-order valence-electron chi connectivity index (χ1n) is 5.46. The molecule has 1 rings (SSSR count). The quantitative estimate of drug-likeness (QED) is 0.816. The van der Waals surface area contributed by atoms with Gasteiger partial charge in [-0.1, -0.05) is 0 Å². The second kappa shape index (κ2) is 5.53. The fourth-order valence-electron chi connectivity index (χ4n) is 1.41. The SMILES string of the molecule is Cc1nc(CCNC(=O)NC(C)C)c(C)o1. The lowest BCUT2D eigenvalue weighted by molar-refractivity contribution is 0.238. The van der Waals surface area contributed by atoms with E-state index in [1.54, 1.807) is 0 Å². The van der Waals surface area contributed by atoms with Crippen LogP contribution in [0.4, 0.5) is 4.79 Å². The molecule has 0 saturated heterocycles. The first-order valence-corrected chi connectivity index (χ1v) is 5.46. The molecule has 2 N–H and O–H groups in total. The van der Waals surface area contributed by atoms with Crippen molar-refractivity contribution >= 4 is 6.03 Å². The van der Waals surface area contributed by atoms with Gasteiger partial charge in [-0.3, -0.25) is 0 Å². The van der Waals surface area contributed by atoms with Gasteiger partial charge in [0.15, 0.2) is 5.89 Å². The number of urea groups is 1. The van der Waals surface area contributed by atoms with E-state index in [1.807, 2.05) is 27.7 Å². The third kappa shape index (κ3) is 3.92. The van der Waals surface area contributed by atoms with Crippen molar-refractivity contribution < 1.29 is 9.21 Å². The Morgan fingerprint density at radius 3 is 2.62 bits per heavy atom. The largest absolute Gasteiger partial charge is 0.446 e. The molecule has 5 nitrogen and oxygen atoms in total. The second-order valence-corrected chi connectivity index (χ2v) is 4.04. The van der Waals surface area contributed by atoms with E-state index in [1.165, 1.54) is 0 Å². The number of aryl methyl sites for hydroxylation is 2. The van der Waals surface area contributed by atoms with Crippen molar-refractivity contribution in [2.75, 3.05) is 6.54 Å². The molecular weight excluding hydrogens is 206 g/mol. The molecule has 2 amide bonds. The zero-order chi connectivity index (χ0) is 12.1. The van der Waals surface area contributed by atoms with Crippen LogP contribution in [0.2, 0.25) is 0 Å². The van der Waals surface area contributed by atoms with E-state index in [9.17, 15) is 4.79 Å². The lowest BCUT2D eigenvalue weighted by Crippen LogP contribution is -2.40. The zero-order valence-electron chi connectivity index (χ0n) is 10.3. The number of hydrogen-bond donors (Lipinski definition) is 2. The summed E-state index contributed by atoms with van der Waals surface area (Å²) in [5.41, 5.74) is 0.905. The van der Waals surface area contributed by atoms with Crippen LogP contribution in [-0.4, -0.2) is 23.6 Å². The molecule has 1 aromatic heterocycles. The number of nitrogens with one attached hydrogen (secondary N) is 2. The fraction of sp³-hybridized carbons (Fsp3) is 0.636. The van der Waals surface area contributed by atoms with Gasteiger partial charge in [-0.2, -0.15) is 0 Å². The molecular formula is C11H19N3O2. The van der Waals surface area contributed by atoms with Crippen LogP contribution in [0.15, 0.2) is 4.42 Å². The number of aromatic nitrogens is 1. The highest BCUT2D eigenvalue weighted by atomic mass is 16.4. The monoisotopic (exact) mass is 225 g/mol. The van der Waals surface area contributed by atoms with Gasteiger partial charge in [-0.15, -0.1) is 0 Å². The Kier molecular flexibility index (Phi) is 4.34. The van der Waals surface area contributed by atoms with Gasteiger partial charge in [0, 0.05) is 25.9 Å². The highest BCUT2D eigenvalue weighted by molar-refractivity contribution is 5.74. The Morgan fingerprint density at radius 2 is 2.12 bits per heavy atom. The van der Waals surface area contributed by atoms with E-state index in [-0.39, 0.29) is 12.1 Å². The molecule has 0 aliphatic carbocycles. The Balaban J connectivity index is 2.30. The summed E-state index contributed by atoms with van der Waals surface area (Å²) in [7, 11) is 0. The number of oxazole rings is 1. The highest BCUT2D eigenvalue weighted by Crippen LogP contribution is 2.08. The Labute approximate surface area is 95.6 Å². The molecule has 0 fully saturated rings. The van der Waals surface area contributed by atoms with Crippen molar-refractivity contribution in [2.24, 2.45) is 0 Å². The number of carbonyl (C=O) groups is 1. The van der Waals surface area contributed by atoms with Crippen LogP contribution in [0.25, 0.3) is 0 Å². The highest BCUT2D eigenvalue weighted by Gasteiger charge is 2.07. The number of hydrogen-bond acceptors (Lipinski definition) is 3. The molecule has 0 aromatic carbocycles. The van der Waals surface area contributed by atoms with Crippen molar-refractivity contribution in [1.29, 1.82) is 0 Å². The van der Waals surface area contributed by atoms with Crippen LogP contribution >= 0.6 is 0 Å². The van der Waals surface area contributed by atoms with Crippen LogP contribution < -0.4 is 10.6 Å². The maximum absolute atomic E-state index is 11.3. The molecule has 0 radical (unpaired) electrons. The van der Waals surface area contributed by atoms with Gasteiger partial charge in [-0.05, 0) is 20.8 Å². The van der Waals surface area contributed by atoms with E-state index in [2.05, 4.69) is 15.6 Å². The topological polar surface area (TPSA) is 67.2 Å². The predicted octanol–water partition coefficient (Wildman–Crippen LogP) is 1.54. The summed E-state index contributed by atoms with van der Waals surface area (Å²) in [5.74, 6) is 1.49. The van der Waals surface area contributed by atoms with Crippen LogP contribution in [0.1, 0.15) is 31.2 Å². The number of carbonyl (C=O) groups excluding carboxylic acids is 1. The molecule has 0 unspecified atom stereocenters. The van der Waals surface area contributed by atoms with E-state index < -0.39 is 0 Å². The number of amides is 2. The minimum atomic E-state index is -0.145. The Morgan fingerprint density at radius 1 is 1.44 bits per heavy atom. The predicted molar refractivity (Wildman–Crippen MR) is 61.4 cm³/mol. The van der Waals surface area contributed by atoms with Gasteiger partial charge in [0.25, 0.3) is 0 Å². The molecule has 90 valence electrons. The van der Waals surface area contributed by atoms with Gasteiger partial charge in [0.2, 0.25) is 0 Å². The third-order valence-corrected chi connectivity index (χ3v) is 2.07. The van der Waals surface area contributed by atoms with Crippen LogP contribution in [0.3, 0.4) is 0 Å². The van der Waals surface area contributed by atoms with Gasteiger partial charge < -0.3 is 15.1 Å². The number of rotatable bonds is 4. The maximum Gasteiger partial charge on any atom is 0.314 e. The molecule has 0 aliphatic rings. The van der Waals surface area contributed by atoms with Crippen molar-refractivity contribution in [3.05, 3.63) is 17.3 Å². The third-order valence-electron chi connectivity index (χ3n) is 2.07. The first-order chi connectivity index (χ1) is 7.49. The molecule has 5 heteroatoms. The summed E-state index contributed by atoms with van der Waals surface area (Å²) in [6.07, 6.45) is 0.689. The van der Waals surface area contributed by atoms with Crippen molar-refractivity contribution in [2.45, 2.75) is 40.2 Å². The summed E-state index contributed by atoms with van der Waals surface area (Å²) in [4.78, 5) is 15.5. The maximum atomic E-state index is 11.3. The smallest absolute Gasteiger partial charge is 0.314 e. The van der Waals surface area contributed by atoms with Crippen molar-refractivity contribution in [1.82, 2.24) is 15.6 Å². The van der Waals surface area contributed by atoms with Crippen LogP contribution in [-0.2, 0) is 6.42 Å². The molecule has 0 saturated carbocycles. The summed E-state index contributed by atoms with van der Waals surface area (Å²) < 4.78 is 5.30. The van der Waals surface area contributed by atoms with Gasteiger partial charge in [-0.25, -0.2) is 9.78 Å². The lowest BCUT2D eigenvalue weighted by atomic mass is 10.3. The summed E-state index contributed by atoms with van der Waals surface area (Å²) >= 11 is 0. The van der Waals surface area contributed by atoms with Crippen LogP contribution in [0.5, 0.6) is 0 Å². The first kappa shape index (κ1) is 12.5. The van der Waals surface area contributed by atoms with Crippen LogP contribution in [0, 0.1) is 13.8 Å². The molecule has 16 heavy (non-hydrogen) atoms. The number of nitrogens with zero attached hydrogens (tertiary/aromatic N) is 1. The van der Waals surface area contributed by atoms with E-state index in [4.69, 9.17) is 4.42 Å². The van der Waals surface area contributed by atoms with E-state index in [0.29, 0.717) is 18.9 Å². The summed E-state index contributed by atoms with van der Waals surface area (Å²) in [5, 5.41) is 5.52. The van der Waals surface area contributed by atoms with Crippen molar-refractivity contribution in [3.63, 3.8) is 0 Å². The van der Waals surface area contributed by atoms with Gasteiger partial charge in [0.05, 0.1) is 5.69 Å². The Bertz CT molecular complexity index is 358. The molecule has 0 atom stereocenters. The van der Waals surface area contributed by atoms with E-state index >= 15 is 0 Å². The van der Waals surface area contributed by atoms with Crippen molar-refractivity contribution in [3.8, 4) is 0 Å². The average Bonchev–Trinajstić information content (AvgIpc) is 2.44. The average molecular weight is 225 g/mol. The molecule has 1 aromatic rings. The zero-order valence-corrected chi connectivity index (χ0v) is 10.3. The standard InChI is InChI=1S/C11H19N3O2/c1-7(2)13-11(15)12-6-5-10-8(3)16-9(4)14-10/h7H,5-6H2,1-4H3,(H2,12,13,15). The summed E-state index contributed by atoms with van der Waals surface area (Å²) in [6.45, 7) is 8.10. The minimum Gasteiger partial charge on any atom is -0.446 e. The molecule has 0 spiro atoms. The van der Waals surface area contributed by atoms with Gasteiger partial charge >= 0.3 is 6.03 Å². The fourth-order valence-corrected chi connectivity index (χ4v) is 1.41. The van der Waals surface area contributed by atoms with Gasteiger partial charge in [0.1, 0.15) is 5.76 Å². The minimum absolute atomic E-state index is 0.145. The summed E-state index contributed by atoms with van der Waals surface area (Å²) in [6, 6.07) is 0.00361. The second-order valence-electron chi connectivity index (χ2n) is 4.04. The molecule has 1 heterocycles. The molecule has 0 bridgehead atoms. The molecule has 0 aliphatic heterocycles. The lowest BCUT2D eigenvalue weighted by Gasteiger charge is -2.09. The Hall–Kier alpha value is -1.52. The van der Waals surface area contributed by atoms with E-state index in [0.717, 1.165) is 11.5 Å². The normalized spacial score (nSPS) is 10.6.